The van der Waals surface area contributed by atoms with Crippen LogP contribution in [0.25, 0.3) is 0 Å². The van der Waals surface area contributed by atoms with Crippen molar-refractivity contribution >= 4 is 0 Å². The number of rotatable bonds is 5. The van der Waals surface area contributed by atoms with Crippen molar-refractivity contribution in [1.29, 1.82) is 0 Å². The molecule has 3 rings (SSSR count). The highest BCUT2D eigenvalue weighted by Crippen LogP contribution is 2.37. The quantitative estimate of drug-likeness (QED) is 0.818. The first-order valence-electron chi connectivity index (χ1n) is 8.22. The van der Waals surface area contributed by atoms with E-state index in [1.165, 1.54) is 31.2 Å². The summed E-state index contributed by atoms with van der Waals surface area (Å²) in [6.07, 6.45) is 6.42. The van der Waals surface area contributed by atoms with Crippen LogP contribution < -0.4 is 9.47 Å². The van der Waals surface area contributed by atoms with Crippen molar-refractivity contribution in [2.75, 3.05) is 20.2 Å². The van der Waals surface area contributed by atoms with Gasteiger partial charge in [-0.15, -0.1) is 0 Å². The molecule has 2 fully saturated rings. The van der Waals surface area contributed by atoms with Crippen molar-refractivity contribution in [2.45, 2.75) is 51.0 Å². The fourth-order valence-electron chi connectivity index (χ4n) is 3.43. The number of hydrogen-bond donors (Lipinski definition) is 0. The second-order valence-electron chi connectivity index (χ2n) is 6.14. The fourth-order valence-corrected chi connectivity index (χ4v) is 3.43. The van der Waals surface area contributed by atoms with Crippen molar-refractivity contribution in [3.63, 3.8) is 0 Å². The van der Waals surface area contributed by atoms with Gasteiger partial charge in [0.25, 0.3) is 0 Å². The van der Waals surface area contributed by atoms with Crippen LogP contribution >= 0.6 is 0 Å². The van der Waals surface area contributed by atoms with Crippen LogP contribution in [-0.4, -0.2) is 31.2 Å². The standard InChI is InChI=1S/C18H26NO2/c1-3-19-11-10-15(13-19)14-8-9-17(20-2)18(12-14)21-16-6-4-5-7-16/h8-9,11-12,15-16H,3-7,10,13H2,1-2H3. The van der Waals surface area contributed by atoms with E-state index in [1.54, 1.807) is 7.11 Å². The first-order chi connectivity index (χ1) is 10.3. The molecule has 21 heavy (non-hydrogen) atoms. The molecule has 0 aromatic heterocycles. The molecule has 1 aromatic carbocycles. The van der Waals surface area contributed by atoms with Crippen LogP contribution in [0.2, 0.25) is 0 Å². The molecule has 1 aromatic rings. The summed E-state index contributed by atoms with van der Waals surface area (Å²) in [5, 5.41) is 0. The van der Waals surface area contributed by atoms with Gasteiger partial charge in [-0.1, -0.05) is 13.0 Å². The monoisotopic (exact) mass is 288 g/mol. The molecule has 3 heteroatoms. The van der Waals surface area contributed by atoms with Gasteiger partial charge in [0, 0.05) is 13.1 Å². The Hall–Kier alpha value is -1.22. The molecule has 1 atom stereocenters. The Bertz CT molecular complexity index is 468. The van der Waals surface area contributed by atoms with E-state index >= 15 is 0 Å². The van der Waals surface area contributed by atoms with Crippen LogP contribution in [0.1, 0.15) is 50.5 Å². The Morgan fingerprint density at radius 3 is 2.67 bits per heavy atom. The normalized spacial score (nSPS) is 23.6. The van der Waals surface area contributed by atoms with Crippen molar-refractivity contribution < 1.29 is 9.47 Å². The molecule has 0 N–H and O–H groups in total. The molecule has 2 aliphatic rings. The van der Waals surface area contributed by atoms with E-state index in [-0.39, 0.29) is 0 Å². The van der Waals surface area contributed by atoms with Gasteiger partial charge in [0.1, 0.15) is 0 Å². The van der Waals surface area contributed by atoms with E-state index in [0.29, 0.717) is 12.0 Å². The molecule has 1 aliphatic heterocycles. The highest BCUT2D eigenvalue weighted by Gasteiger charge is 2.25. The molecule has 0 amide bonds. The lowest BCUT2D eigenvalue weighted by atomic mass is 9.98. The number of benzene rings is 1. The lowest BCUT2D eigenvalue weighted by Gasteiger charge is -2.19. The number of ether oxygens (including phenoxy) is 2. The molecular formula is C18H26NO2. The van der Waals surface area contributed by atoms with Crippen LogP contribution in [-0.2, 0) is 0 Å². The SMILES string of the molecule is CCN1[CH]CC(c2ccc(OC)c(OC3CCCC3)c2)C1. The average Bonchev–Trinajstić information content (AvgIpc) is 3.18. The van der Waals surface area contributed by atoms with Crippen molar-refractivity contribution in [2.24, 2.45) is 0 Å². The number of methoxy groups -OCH3 is 1. The summed E-state index contributed by atoms with van der Waals surface area (Å²) in [6.45, 7) is 6.75. The second-order valence-corrected chi connectivity index (χ2v) is 6.14. The summed E-state index contributed by atoms with van der Waals surface area (Å²) in [5.41, 5.74) is 1.37. The van der Waals surface area contributed by atoms with E-state index in [0.717, 1.165) is 31.0 Å². The van der Waals surface area contributed by atoms with Gasteiger partial charge < -0.3 is 9.47 Å². The molecule has 1 aliphatic carbocycles. The van der Waals surface area contributed by atoms with Gasteiger partial charge in [-0.3, -0.25) is 4.90 Å². The smallest absolute Gasteiger partial charge is 0.161 e. The van der Waals surface area contributed by atoms with Crippen molar-refractivity contribution in [1.82, 2.24) is 4.90 Å². The van der Waals surface area contributed by atoms with Crippen LogP contribution in [0.15, 0.2) is 18.2 Å². The third-order valence-electron chi connectivity index (χ3n) is 4.76. The zero-order valence-corrected chi connectivity index (χ0v) is 13.2. The van der Waals surface area contributed by atoms with E-state index in [9.17, 15) is 0 Å². The van der Waals surface area contributed by atoms with E-state index in [1.807, 2.05) is 0 Å². The number of hydrogen-bond acceptors (Lipinski definition) is 3. The van der Waals surface area contributed by atoms with Crippen LogP contribution in [0, 0.1) is 6.54 Å². The first-order valence-corrected chi connectivity index (χ1v) is 8.22. The lowest BCUT2D eigenvalue weighted by Crippen LogP contribution is -2.16. The van der Waals surface area contributed by atoms with E-state index in [2.05, 4.69) is 36.6 Å². The van der Waals surface area contributed by atoms with Gasteiger partial charge in [-0.2, -0.15) is 0 Å². The predicted molar refractivity (Wildman–Crippen MR) is 84.8 cm³/mol. The summed E-state index contributed by atoms with van der Waals surface area (Å²) in [5.74, 6) is 2.37. The second kappa shape index (κ2) is 6.69. The topological polar surface area (TPSA) is 21.7 Å². The van der Waals surface area contributed by atoms with E-state index in [4.69, 9.17) is 9.47 Å². The zero-order chi connectivity index (χ0) is 14.7. The van der Waals surface area contributed by atoms with Crippen molar-refractivity contribution in [3.05, 3.63) is 30.3 Å². The Morgan fingerprint density at radius 1 is 1.19 bits per heavy atom. The molecule has 1 radical (unpaired) electrons. The summed E-state index contributed by atoms with van der Waals surface area (Å²) in [6, 6.07) is 6.46. The summed E-state index contributed by atoms with van der Waals surface area (Å²) in [7, 11) is 1.72. The Labute approximate surface area is 128 Å². The lowest BCUT2D eigenvalue weighted by molar-refractivity contribution is 0.200. The summed E-state index contributed by atoms with van der Waals surface area (Å²) in [4.78, 5) is 2.40. The maximum Gasteiger partial charge on any atom is 0.161 e. The average molecular weight is 288 g/mol. The Balaban J connectivity index is 1.76. The van der Waals surface area contributed by atoms with Gasteiger partial charge >= 0.3 is 0 Å². The number of nitrogens with zero attached hydrogens (tertiary/aromatic N) is 1. The molecule has 0 spiro atoms. The van der Waals surface area contributed by atoms with Gasteiger partial charge in [0.05, 0.1) is 13.2 Å². The van der Waals surface area contributed by atoms with Gasteiger partial charge in [-0.05, 0) is 62.3 Å². The largest absolute Gasteiger partial charge is 0.493 e. The minimum atomic E-state index is 0.372. The van der Waals surface area contributed by atoms with Gasteiger partial charge in [-0.25, -0.2) is 0 Å². The third-order valence-corrected chi connectivity index (χ3v) is 4.76. The van der Waals surface area contributed by atoms with Gasteiger partial charge in [0.2, 0.25) is 0 Å². The van der Waals surface area contributed by atoms with Crippen molar-refractivity contribution in [3.8, 4) is 11.5 Å². The molecule has 0 bridgehead atoms. The maximum atomic E-state index is 6.20. The zero-order valence-electron chi connectivity index (χ0n) is 13.2. The number of likely N-dealkylation sites (tertiary alicyclic amines) is 1. The molecule has 1 heterocycles. The van der Waals surface area contributed by atoms with Gasteiger partial charge in [0.15, 0.2) is 11.5 Å². The minimum absolute atomic E-state index is 0.372. The molecular weight excluding hydrogens is 262 g/mol. The summed E-state index contributed by atoms with van der Waals surface area (Å²) < 4.78 is 11.7. The highest BCUT2D eigenvalue weighted by molar-refractivity contribution is 5.44. The number of likely N-dealkylation sites (N-methyl/N-ethyl adjacent to an activating group) is 1. The third kappa shape index (κ3) is 3.34. The highest BCUT2D eigenvalue weighted by atomic mass is 16.5. The first kappa shape index (κ1) is 14.7. The van der Waals surface area contributed by atoms with Crippen LogP contribution in [0.4, 0.5) is 0 Å². The minimum Gasteiger partial charge on any atom is -0.493 e. The van der Waals surface area contributed by atoms with E-state index < -0.39 is 0 Å². The predicted octanol–water partition coefficient (Wildman–Crippen LogP) is 3.99. The molecule has 1 saturated heterocycles. The van der Waals surface area contributed by atoms with Crippen LogP contribution in [0.5, 0.6) is 11.5 Å². The fraction of sp³-hybridized carbons (Fsp3) is 0.611. The Morgan fingerprint density at radius 2 is 2.00 bits per heavy atom. The Kier molecular flexibility index (Phi) is 4.69. The molecule has 1 unspecified atom stereocenters. The molecule has 115 valence electrons. The maximum absolute atomic E-state index is 6.20. The summed E-state index contributed by atoms with van der Waals surface area (Å²) >= 11 is 0. The molecule has 1 saturated carbocycles. The van der Waals surface area contributed by atoms with Crippen LogP contribution in [0.3, 0.4) is 0 Å². The molecule has 3 nitrogen and oxygen atoms in total.